The Kier molecular flexibility index (Phi) is 3.85. The normalized spacial score (nSPS) is 14.3. The second-order valence-corrected chi connectivity index (χ2v) is 5.06. The van der Waals surface area contributed by atoms with Crippen LogP contribution in [0, 0.1) is 0 Å². The third kappa shape index (κ3) is 3.32. The fourth-order valence-corrected chi connectivity index (χ4v) is 2.08. The second kappa shape index (κ2) is 5.40. The van der Waals surface area contributed by atoms with Crippen molar-refractivity contribution in [1.82, 2.24) is 15.3 Å². The number of hydrogen-bond acceptors (Lipinski definition) is 3. The third-order valence-corrected chi connectivity index (χ3v) is 3.10. The van der Waals surface area contributed by atoms with E-state index in [1.807, 2.05) is 6.92 Å². The molecule has 2 aromatic rings. The highest BCUT2D eigenvalue weighted by Gasteiger charge is 2.20. The van der Waals surface area contributed by atoms with Crippen molar-refractivity contribution >= 4 is 16.9 Å². The zero-order valence-corrected chi connectivity index (χ0v) is 11.2. The summed E-state index contributed by atoms with van der Waals surface area (Å²) in [6, 6.07) is 5.28. The third-order valence-electron chi connectivity index (χ3n) is 3.10. The summed E-state index contributed by atoms with van der Waals surface area (Å²) in [6.45, 7) is 3.98. The molecular formula is C14H19N3O2. The van der Waals surface area contributed by atoms with Crippen LogP contribution in [0.2, 0.25) is 0 Å². The molecule has 1 amide bonds. The highest BCUT2D eigenvalue weighted by Crippen LogP contribution is 2.13. The van der Waals surface area contributed by atoms with Crippen LogP contribution < -0.4 is 5.32 Å². The Hall–Kier alpha value is -1.88. The topological polar surface area (TPSA) is 78.0 Å². The monoisotopic (exact) mass is 261 g/mol. The van der Waals surface area contributed by atoms with Crippen LogP contribution in [0.25, 0.3) is 11.0 Å². The first-order chi connectivity index (χ1) is 9.02. The van der Waals surface area contributed by atoms with Gasteiger partial charge in [0.15, 0.2) is 0 Å². The number of carbonyl (C=O) groups excluding carboxylic acids is 1. The molecule has 0 saturated carbocycles. The Balaban J connectivity index is 2.03. The summed E-state index contributed by atoms with van der Waals surface area (Å²) in [5.74, 6) is -0.187. The van der Waals surface area contributed by atoms with Gasteiger partial charge in [0.2, 0.25) is 0 Å². The molecule has 0 aliphatic heterocycles. The molecule has 102 valence electrons. The van der Waals surface area contributed by atoms with Crippen molar-refractivity contribution in [2.45, 2.75) is 32.3 Å². The summed E-state index contributed by atoms with van der Waals surface area (Å²) in [4.78, 5) is 19.1. The lowest BCUT2D eigenvalue weighted by molar-refractivity contribution is 0.0469. The minimum atomic E-state index is -0.859. The SMILES string of the molecule is CCCC(C)(O)CNC(=O)c1ccc2nc[nH]c2c1. The van der Waals surface area contributed by atoms with E-state index in [1.54, 1.807) is 31.5 Å². The molecular weight excluding hydrogens is 242 g/mol. The molecule has 3 N–H and O–H groups in total. The van der Waals surface area contributed by atoms with E-state index in [1.165, 1.54) is 0 Å². The van der Waals surface area contributed by atoms with Crippen LogP contribution in [0.4, 0.5) is 0 Å². The summed E-state index contributed by atoms with van der Waals surface area (Å²) < 4.78 is 0. The van der Waals surface area contributed by atoms with Gasteiger partial charge in [-0.1, -0.05) is 13.3 Å². The fraction of sp³-hybridized carbons (Fsp3) is 0.429. The first-order valence-corrected chi connectivity index (χ1v) is 6.45. The molecule has 1 heterocycles. The van der Waals surface area contributed by atoms with Gasteiger partial charge in [-0.15, -0.1) is 0 Å². The summed E-state index contributed by atoms with van der Waals surface area (Å²) in [5.41, 5.74) is 1.36. The lowest BCUT2D eigenvalue weighted by atomic mass is 10.0. The molecule has 0 aliphatic rings. The zero-order valence-electron chi connectivity index (χ0n) is 11.2. The van der Waals surface area contributed by atoms with Crippen LogP contribution >= 0.6 is 0 Å². The summed E-state index contributed by atoms with van der Waals surface area (Å²) >= 11 is 0. The number of rotatable bonds is 5. The Morgan fingerprint density at radius 2 is 2.32 bits per heavy atom. The number of aromatic amines is 1. The minimum absolute atomic E-state index is 0.187. The van der Waals surface area contributed by atoms with Gasteiger partial charge in [-0.25, -0.2) is 4.98 Å². The number of carbonyl (C=O) groups is 1. The molecule has 1 aromatic carbocycles. The van der Waals surface area contributed by atoms with Crippen molar-refractivity contribution in [3.8, 4) is 0 Å². The maximum Gasteiger partial charge on any atom is 0.251 e. The number of aromatic nitrogens is 2. The molecule has 1 unspecified atom stereocenters. The second-order valence-electron chi connectivity index (χ2n) is 5.06. The van der Waals surface area contributed by atoms with Crippen molar-refractivity contribution < 1.29 is 9.90 Å². The van der Waals surface area contributed by atoms with E-state index >= 15 is 0 Å². The predicted octanol–water partition coefficient (Wildman–Crippen LogP) is 1.84. The molecule has 1 atom stereocenters. The molecule has 0 fully saturated rings. The van der Waals surface area contributed by atoms with Crippen LogP contribution in [-0.2, 0) is 0 Å². The average molecular weight is 261 g/mol. The number of nitrogens with one attached hydrogen (secondary N) is 2. The molecule has 0 aliphatic carbocycles. The number of aliphatic hydroxyl groups is 1. The van der Waals surface area contributed by atoms with E-state index in [4.69, 9.17) is 0 Å². The van der Waals surface area contributed by atoms with Crippen LogP contribution in [0.15, 0.2) is 24.5 Å². The van der Waals surface area contributed by atoms with Crippen molar-refractivity contribution in [2.75, 3.05) is 6.54 Å². The molecule has 0 spiro atoms. The van der Waals surface area contributed by atoms with Crippen LogP contribution in [0.1, 0.15) is 37.0 Å². The Morgan fingerprint density at radius 1 is 1.53 bits per heavy atom. The van der Waals surface area contributed by atoms with Gasteiger partial charge >= 0.3 is 0 Å². The van der Waals surface area contributed by atoms with E-state index in [0.29, 0.717) is 12.0 Å². The van der Waals surface area contributed by atoms with Crippen molar-refractivity contribution in [1.29, 1.82) is 0 Å². The quantitative estimate of drug-likeness (QED) is 0.768. The fourth-order valence-electron chi connectivity index (χ4n) is 2.08. The van der Waals surface area contributed by atoms with Gasteiger partial charge in [0.05, 0.1) is 23.0 Å². The van der Waals surface area contributed by atoms with Crippen LogP contribution in [0.3, 0.4) is 0 Å². The van der Waals surface area contributed by atoms with Gasteiger partial charge < -0.3 is 15.4 Å². The van der Waals surface area contributed by atoms with Crippen molar-refractivity contribution in [2.24, 2.45) is 0 Å². The van der Waals surface area contributed by atoms with E-state index < -0.39 is 5.60 Å². The minimum Gasteiger partial charge on any atom is -0.388 e. The van der Waals surface area contributed by atoms with Gasteiger partial charge in [0.1, 0.15) is 0 Å². The Morgan fingerprint density at radius 3 is 3.05 bits per heavy atom. The maximum absolute atomic E-state index is 12.0. The van der Waals surface area contributed by atoms with Crippen molar-refractivity contribution in [3.05, 3.63) is 30.1 Å². The number of benzene rings is 1. The lowest BCUT2D eigenvalue weighted by Gasteiger charge is -2.22. The molecule has 5 heteroatoms. The molecule has 5 nitrogen and oxygen atoms in total. The molecule has 2 rings (SSSR count). The van der Waals surface area contributed by atoms with Gasteiger partial charge in [-0.2, -0.15) is 0 Å². The predicted molar refractivity (Wildman–Crippen MR) is 74.0 cm³/mol. The van der Waals surface area contributed by atoms with E-state index in [-0.39, 0.29) is 12.5 Å². The van der Waals surface area contributed by atoms with E-state index in [9.17, 15) is 9.90 Å². The van der Waals surface area contributed by atoms with E-state index in [2.05, 4.69) is 15.3 Å². The Bertz CT molecular complexity index is 575. The summed E-state index contributed by atoms with van der Waals surface area (Å²) in [7, 11) is 0. The van der Waals surface area contributed by atoms with Gasteiger partial charge in [0.25, 0.3) is 5.91 Å². The lowest BCUT2D eigenvalue weighted by Crippen LogP contribution is -2.40. The largest absolute Gasteiger partial charge is 0.388 e. The number of fused-ring (bicyclic) bond motifs is 1. The van der Waals surface area contributed by atoms with Crippen LogP contribution in [0.5, 0.6) is 0 Å². The molecule has 0 bridgehead atoms. The van der Waals surface area contributed by atoms with Gasteiger partial charge in [-0.3, -0.25) is 4.79 Å². The highest BCUT2D eigenvalue weighted by molar-refractivity contribution is 5.97. The summed E-state index contributed by atoms with van der Waals surface area (Å²) in [6.07, 6.45) is 3.13. The van der Waals surface area contributed by atoms with Crippen LogP contribution in [-0.4, -0.2) is 33.1 Å². The summed E-state index contributed by atoms with van der Waals surface area (Å²) in [5, 5.41) is 12.8. The van der Waals surface area contributed by atoms with E-state index in [0.717, 1.165) is 17.5 Å². The molecule has 1 aromatic heterocycles. The number of imidazole rings is 1. The smallest absolute Gasteiger partial charge is 0.251 e. The standard InChI is InChI=1S/C14H19N3O2/c1-3-6-14(2,19)8-15-13(18)10-4-5-11-12(7-10)17-9-16-11/h4-5,7,9,19H,3,6,8H2,1-2H3,(H,15,18)(H,16,17). The number of H-pyrrole nitrogens is 1. The Labute approximate surface area is 112 Å². The first-order valence-electron chi connectivity index (χ1n) is 6.45. The highest BCUT2D eigenvalue weighted by atomic mass is 16.3. The molecule has 0 radical (unpaired) electrons. The number of hydrogen-bond donors (Lipinski definition) is 3. The van der Waals surface area contributed by atoms with Gasteiger partial charge in [0, 0.05) is 12.1 Å². The maximum atomic E-state index is 12.0. The molecule has 19 heavy (non-hydrogen) atoms. The van der Waals surface area contributed by atoms with Crippen molar-refractivity contribution in [3.63, 3.8) is 0 Å². The molecule has 0 saturated heterocycles. The average Bonchev–Trinajstić information content (AvgIpc) is 2.83. The van der Waals surface area contributed by atoms with Gasteiger partial charge in [-0.05, 0) is 31.5 Å². The zero-order chi connectivity index (χ0) is 13.9. The number of nitrogens with zero attached hydrogens (tertiary/aromatic N) is 1. The number of amides is 1. The first kappa shape index (κ1) is 13.5.